The van der Waals surface area contributed by atoms with E-state index in [2.05, 4.69) is 48.5 Å². The average molecular weight is 419 g/mol. The number of aryl methyl sites for hydroxylation is 3. The Balaban J connectivity index is 1.54. The Hall–Kier alpha value is -2.37. The summed E-state index contributed by atoms with van der Waals surface area (Å²) in [5, 5.41) is 1.68. The number of benzene rings is 2. The second-order valence-electron chi connectivity index (χ2n) is 7.27. The number of rotatable bonds is 5. The summed E-state index contributed by atoms with van der Waals surface area (Å²) in [7, 11) is 0. The Labute approximate surface area is 178 Å². The third kappa shape index (κ3) is 3.32. The van der Waals surface area contributed by atoms with Crippen LogP contribution in [0.5, 0.6) is 0 Å². The van der Waals surface area contributed by atoms with E-state index < -0.39 is 0 Å². The molecule has 2 aromatic heterocycles. The molecule has 29 heavy (non-hydrogen) atoms. The van der Waals surface area contributed by atoms with Crippen LogP contribution >= 0.6 is 23.1 Å². The van der Waals surface area contributed by atoms with Gasteiger partial charge in [-0.25, -0.2) is 4.98 Å². The molecule has 4 aromatic rings. The number of thiophene rings is 1. The predicted octanol–water partition coefficient (Wildman–Crippen LogP) is 5.58. The summed E-state index contributed by atoms with van der Waals surface area (Å²) in [5.74, 6) is 0.913. The van der Waals surface area contributed by atoms with E-state index in [1.807, 2.05) is 17.6 Å². The van der Waals surface area contributed by atoms with Crippen molar-refractivity contribution in [3.63, 3.8) is 0 Å². The molecule has 1 aliphatic carbocycles. The van der Waals surface area contributed by atoms with Gasteiger partial charge in [-0.2, -0.15) is 0 Å². The third-order valence-corrected chi connectivity index (χ3v) is 7.70. The van der Waals surface area contributed by atoms with Gasteiger partial charge in [0.05, 0.1) is 5.39 Å². The third-order valence-electron chi connectivity index (χ3n) is 5.56. The maximum Gasteiger partial charge on any atom is 0.263 e. The van der Waals surface area contributed by atoms with Gasteiger partial charge in [-0.05, 0) is 48.4 Å². The Morgan fingerprint density at radius 3 is 2.69 bits per heavy atom. The fourth-order valence-corrected chi connectivity index (χ4v) is 6.47. The van der Waals surface area contributed by atoms with Gasteiger partial charge in [-0.3, -0.25) is 9.36 Å². The Morgan fingerprint density at radius 1 is 1.07 bits per heavy atom. The van der Waals surface area contributed by atoms with E-state index >= 15 is 0 Å². The molecule has 0 radical (unpaired) electrons. The number of aromatic nitrogens is 2. The summed E-state index contributed by atoms with van der Waals surface area (Å²) in [6, 6.07) is 19.0. The summed E-state index contributed by atoms with van der Waals surface area (Å²) in [5.41, 5.74) is 5.29. The summed E-state index contributed by atoms with van der Waals surface area (Å²) in [6.45, 7) is 2.68. The van der Waals surface area contributed by atoms with Crippen molar-refractivity contribution in [1.29, 1.82) is 0 Å². The summed E-state index contributed by atoms with van der Waals surface area (Å²) in [4.78, 5) is 20.5. The second-order valence-corrected chi connectivity index (χ2v) is 9.34. The van der Waals surface area contributed by atoms with Gasteiger partial charge < -0.3 is 0 Å². The molecule has 0 saturated heterocycles. The van der Waals surface area contributed by atoms with Gasteiger partial charge in [-0.15, -0.1) is 11.3 Å². The molecule has 0 fully saturated rings. The lowest BCUT2D eigenvalue weighted by Gasteiger charge is -2.16. The topological polar surface area (TPSA) is 34.9 Å². The molecule has 0 aliphatic heterocycles. The van der Waals surface area contributed by atoms with Crippen LogP contribution in [0.4, 0.5) is 0 Å². The van der Waals surface area contributed by atoms with Crippen LogP contribution in [-0.2, 0) is 25.8 Å². The number of nitrogens with zero attached hydrogens (tertiary/aromatic N) is 2. The molecule has 3 nitrogen and oxygen atoms in total. The van der Waals surface area contributed by atoms with Gasteiger partial charge >= 0.3 is 0 Å². The van der Waals surface area contributed by atoms with Crippen LogP contribution in [0.1, 0.15) is 23.6 Å². The SMILES string of the molecule is CCn1c(SCCc2ccccc2)nc2sc3c(c2c1=O)CCc1ccccc1-3. The van der Waals surface area contributed by atoms with Crippen LogP contribution in [0.3, 0.4) is 0 Å². The van der Waals surface area contributed by atoms with Gasteiger partial charge in [0.15, 0.2) is 5.16 Å². The molecule has 2 heterocycles. The maximum atomic E-state index is 13.4. The normalized spacial score (nSPS) is 12.7. The highest BCUT2D eigenvalue weighted by Crippen LogP contribution is 2.42. The lowest BCUT2D eigenvalue weighted by atomic mass is 9.90. The van der Waals surface area contributed by atoms with Gasteiger partial charge in [0, 0.05) is 17.2 Å². The van der Waals surface area contributed by atoms with E-state index in [0.717, 1.165) is 40.4 Å². The van der Waals surface area contributed by atoms with Gasteiger partial charge in [0.25, 0.3) is 5.56 Å². The van der Waals surface area contributed by atoms with E-state index in [1.165, 1.54) is 27.1 Å². The summed E-state index contributed by atoms with van der Waals surface area (Å²) in [6.07, 6.45) is 2.89. The summed E-state index contributed by atoms with van der Waals surface area (Å²) < 4.78 is 1.85. The highest BCUT2D eigenvalue weighted by Gasteiger charge is 2.24. The molecule has 0 bridgehead atoms. The average Bonchev–Trinajstić information content (AvgIpc) is 3.14. The molecule has 146 valence electrons. The molecule has 0 spiro atoms. The lowest BCUT2D eigenvalue weighted by molar-refractivity contribution is 0.635. The first kappa shape index (κ1) is 18.6. The van der Waals surface area contributed by atoms with Gasteiger partial charge in [-0.1, -0.05) is 66.4 Å². The monoisotopic (exact) mass is 418 g/mol. The predicted molar refractivity (Wildman–Crippen MR) is 123 cm³/mol. The van der Waals surface area contributed by atoms with E-state index in [-0.39, 0.29) is 5.56 Å². The molecule has 0 atom stereocenters. The highest BCUT2D eigenvalue weighted by atomic mass is 32.2. The van der Waals surface area contributed by atoms with E-state index in [1.54, 1.807) is 23.1 Å². The van der Waals surface area contributed by atoms with Crippen molar-refractivity contribution >= 4 is 33.3 Å². The van der Waals surface area contributed by atoms with Crippen molar-refractivity contribution in [2.75, 3.05) is 5.75 Å². The molecule has 5 heteroatoms. The fourth-order valence-electron chi connectivity index (χ4n) is 4.09. The highest BCUT2D eigenvalue weighted by molar-refractivity contribution is 7.99. The van der Waals surface area contributed by atoms with Gasteiger partial charge in [0.2, 0.25) is 0 Å². The molecule has 5 rings (SSSR count). The van der Waals surface area contributed by atoms with Crippen LogP contribution < -0.4 is 5.56 Å². The number of fused-ring (bicyclic) bond motifs is 5. The Kier molecular flexibility index (Phi) is 5.02. The van der Waals surface area contributed by atoms with E-state index in [4.69, 9.17) is 4.98 Å². The quantitative estimate of drug-likeness (QED) is 0.313. The van der Waals surface area contributed by atoms with Crippen LogP contribution in [0.25, 0.3) is 20.7 Å². The van der Waals surface area contributed by atoms with E-state index in [9.17, 15) is 4.79 Å². The van der Waals surface area contributed by atoms with Crippen molar-refractivity contribution in [2.24, 2.45) is 0 Å². The first-order chi connectivity index (χ1) is 14.3. The van der Waals surface area contributed by atoms with Crippen LogP contribution in [-0.4, -0.2) is 15.3 Å². The molecule has 0 saturated carbocycles. The summed E-state index contributed by atoms with van der Waals surface area (Å²) >= 11 is 3.37. The van der Waals surface area contributed by atoms with E-state index in [0.29, 0.717) is 6.54 Å². The molecular weight excluding hydrogens is 396 g/mol. The minimum absolute atomic E-state index is 0.122. The van der Waals surface area contributed by atoms with Crippen LogP contribution in [0, 0.1) is 0 Å². The smallest absolute Gasteiger partial charge is 0.263 e. The van der Waals surface area contributed by atoms with Crippen molar-refractivity contribution in [2.45, 2.75) is 37.9 Å². The van der Waals surface area contributed by atoms with Crippen molar-refractivity contribution in [1.82, 2.24) is 9.55 Å². The molecular formula is C24H22N2OS2. The largest absolute Gasteiger partial charge is 0.287 e. The zero-order valence-electron chi connectivity index (χ0n) is 16.4. The fraction of sp³-hybridized carbons (Fsp3) is 0.250. The Bertz CT molecular complexity index is 1240. The lowest BCUT2D eigenvalue weighted by Crippen LogP contribution is -2.23. The van der Waals surface area contributed by atoms with Crippen LogP contribution in [0.15, 0.2) is 64.5 Å². The standard InChI is InChI=1S/C24H22N2OS2/c1-2-26-23(27)20-19-13-12-17-10-6-7-11-18(17)21(19)29-22(20)25-24(26)28-15-14-16-8-4-3-5-9-16/h3-11H,2,12-15H2,1H3. The minimum Gasteiger partial charge on any atom is -0.287 e. The molecule has 0 amide bonds. The first-order valence-electron chi connectivity index (χ1n) is 10.1. The maximum absolute atomic E-state index is 13.4. The van der Waals surface area contributed by atoms with Gasteiger partial charge in [0.1, 0.15) is 4.83 Å². The number of hydrogen-bond acceptors (Lipinski definition) is 4. The molecule has 1 aliphatic rings. The van der Waals surface area contributed by atoms with Crippen LogP contribution in [0.2, 0.25) is 0 Å². The van der Waals surface area contributed by atoms with Crippen molar-refractivity contribution < 1.29 is 0 Å². The zero-order chi connectivity index (χ0) is 19.8. The van der Waals surface area contributed by atoms with Crippen molar-refractivity contribution in [3.8, 4) is 10.4 Å². The zero-order valence-corrected chi connectivity index (χ0v) is 18.0. The molecule has 0 N–H and O–H groups in total. The number of thioether (sulfide) groups is 1. The van der Waals surface area contributed by atoms with Crippen molar-refractivity contribution in [3.05, 3.63) is 81.6 Å². The molecule has 2 aromatic carbocycles. The Morgan fingerprint density at radius 2 is 1.86 bits per heavy atom. The number of hydrogen-bond donors (Lipinski definition) is 0. The minimum atomic E-state index is 0.122. The second kappa shape index (κ2) is 7.81. The first-order valence-corrected chi connectivity index (χ1v) is 11.9. The molecule has 0 unspecified atom stereocenters.